The van der Waals surface area contributed by atoms with Crippen molar-refractivity contribution in [2.45, 2.75) is 32.7 Å². The summed E-state index contributed by atoms with van der Waals surface area (Å²) < 4.78 is 1.77. The van der Waals surface area contributed by atoms with Crippen LogP contribution in [0, 0.1) is 0 Å². The van der Waals surface area contributed by atoms with Crippen LogP contribution in [0.25, 0.3) is 0 Å². The Morgan fingerprint density at radius 3 is 2.40 bits per heavy atom. The number of nitrogens with zero attached hydrogens (tertiary/aromatic N) is 1. The first-order valence-electron chi connectivity index (χ1n) is 5.42. The molecule has 15 heavy (non-hydrogen) atoms. The van der Waals surface area contributed by atoms with Crippen molar-refractivity contribution in [3.8, 4) is 0 Å². The molecule has 1 aromatic rings. The van der Waals surface area contributed by atoms with Crippen LogP contribution < -0.4 is 10.7 Å². The van der Waals surface area contributed by atoms with E-state index in [1.807, 2.05) is 24.5 Å². The number of amides is 1. The molecule has 0 atom stereocenters. The van der Waals surface area contributed by atoms with Crippen molar-refractivity contribution in [2.24, 2.45) is 0 Å². The predicted octanol–water partition coefficient (Wildman–Crippen LogP) is 1.34. The average molecular weight is 209 g/mol. The van der Waals surface area contributed by atoms with Crippen LogP contribution in [0.4, 0.5) is 0 Å². The van der Waals surface area contributed by atoms with Gasteiger partial charge in [0.2, 0.25) is 5.91 Å². The van der Waals surface area contributed by atoms with E-state index in [2.05, 4.69) is 24.6 Å². The Balaban J connectivity index is 2.24. The first-order chi connectivity index (χ1) is 7.26. The third-order valence-electron chi connectivity index (χ3n) is 2.38. The SMILES string of the molecule is CCC(CC)NC(=O)CNn1cccc1. The maximum absolute atomic E-state index is 11.5. The Bertz CT molecular complexity index is 278. The van der Waals surface area contributed by atoms with Crippen molar-refractivity contribution >= 4 is 5.91 Å². The standard InChI is InChI=1S/C11H19N3O/c1-3-10(4-2)13-11(15)9-12-14-7-5-6-8-14/h5-8,10,12H,3-4,9H2,1-2H3,(H,13,15). The van der Waals surface area contributed by atoms with Gasteiger partial charge >= 0.3 is 0 Å². The molecule has 1 heterocycles. The van der Waals surface area contributed by atoms with E-state index >= 15 is 0 Å². The number of hydrogen-bond acceptors (Lipinski definition) is 2. The maximum atomic E-state index is 11.5. The Morgan fingerprint density at radius 2 is 1.87 bits per heavy atom. The smallest absolute Gasteiger partial charge is 0.241 e. The van der Waals surface area contributed by atoms with Crippen LogP contribution in [0.1, 0.15) is 26.7 Å². The van der Waals surface area contributed by atoms with E-state index in [1.54, 1.807) is 4.68 Å². The highest BCUT2D eigenvalue weighted by Gasteiger charge is 2.07. The number of carbonyl (C=O) groups excluding carboxylic acids is 1. The monoisotopic (exact) mass is 209 g/mol. The van der Waals surface area contributed by atoms with Gasteiger partial charge in [-0.25, -0.2) is 0 Å². The van der Waals surface area contributed by atoms with E-state index in [1.165, 1.54) is 0 Å². The highest BCUT2D eigenvalue weighted by Crippen LogP contribution is 1.95. The number of nitrogens with one attached hydrogen (secondary N) is 2. The summed E-state index contributed by atoms with van der Waals surface area (Å²) in [6, 6.07) is 4.11. The van der Waals surface area contributed by atoms with Crippen molar-refractivity contribution in [1.29, 1.82) is 0 Å². The Kier molecular flexibility index (Phi) is 4.74. The van der Waals surface area contributed by atoms with Crippen LogP contribution in [-0.4, -0.2) is 23.2 Å². The quantitative estimate of drug-likeness (QED) is 0.742. The zero-order chi connectivity index (χ0) is 11.1. The molecule has 0 unspecified atom stereocenters. The molecule has 0 aromatic carbocycles. The number of aromatic nitrogens is 1. The molecule has 1 aromatic heterocycles. The first kappa shape index (κ1) is 11.6. The van der Waals surface area contributed by atoms with Gasteiger partial charge in [0.25, 0.3) is 0 Å². The van der Waals surface area contributed by atoms with Crippen LogP contribution in [0.15, 0.2) is 24.5 Å². The van der Waals surface area contributed by atoms with Crippen LogP contribution in [-0.2, 0) is 4.79 Å². The lowest BCUT2D eigenvalue weighted by atomic mass is 10.2. The fourth-order valence-corrected chi connectivity index (χ4v) is 1.37. The topological polar surface area (TPSA) is 46.1 Å². The van der Waals surface area contributed by atoms with Crippen LogP contribution in [0.3, 0.4) is 0 Å². The normalized spacial score (nSPS) is 10.3. The first-order valence-corrected chi connectivity index (χ1v) is 5.42. The van der Waals surface area contributed by atoms with Crippen molar-refractivity contribution < 1.29 is 4.79 Å². The molecule has 0 saturated heterocycles. The van der Waals surface area contributed by atoms with E-state index in [0.717, 1.165) is 12.8 Å². The lowest BCUT2D eigenvalue weighted by Crippen LogP contribution is -2.39. The third kappa shape index (κ3) is 4.06. The van der Waals surface area contributed by atoms with Gasteiger partial charge in [-0.2, -0.15) is 0 Å². The highest BCUT2D eigenvalue weighted by molar-refractivity contribution is 5.79. The largest absolute Gasteiger partial charge is 0.352 e. The van der Waals surface area contributed by atoms with Gasteiger partial charge in [0.15, 0.2) is 0 Å². The summed E-state index contributed by atoms with van der Waals surface area (Å²) in [7, 11) is 0. The summed E-state index contributed by atoms with van der Waals surface area (Å²) in [5, 5.41) is 2.96. The second-order valence-electron chi connectivity index (χ2n) is 3.51. The van der Waals surface area contributed by atoms with E-state index in [4.69, 9.17) is 0 Å². The number of carbonyl (C=O) groups is 1. The molecule has 4 nitrogen and oxygen atoms in total. The zero-order valence-electron chi connectivity index (χ0n) is 9.36. The lowest BCUT2D eigenvalue weighted by molar-refractivity contribution is -0.120. The van der Waals surface area contributed by atoms with Gasteiger partial charge < -0.3 is 10.7 Å². The second-order valence-corrected chi connectivity index (χ2v) is 3.51. The Morgan fingerprint density at radius 1 is 1.27 bits per heavy atom. The van der Waals surface area contributed by atoms with E-state index in [9.17, 15) is 4.79 Å². The molecule has 0 aliphatic heterocycles. The van der Waals surface area contributed by atoms with Crippen LogP contribution in [0.2, 0.25) is 0 Å². The Labute approximate surface area is 90.6 Å². The highest BCUT2D eigenvalue weighted by atomic mass is 16.2. The molecule has 0 spiro atoms. The molecule has 0 fully saturated rings. The maximum Gasteiger partial charge on any atom is 0.241 e. The number of rotatable bonds is 6. The van der Waals surface area contributed by atoms with Crippen molar-refractivity contribution in [3.05, 3.63) is 24.5 Å². The van der Waals surface area contributed by atoms with Crippen molar-refractivity contribution in [2.75, 3.05) is 12.0 Å². The molecule has 4 heteroatoms. The summed E-state index contributed by atoms with van der Waals surface area (Å²) in [4.78, 5) is 11.5. The Hall–Kier alpha value is -1.45. The minimum absolute atomic E-state index is 0.0393. The van der Waals surface area contributed by atoms with E-state index in [0.29, 0.717) is 12.6 Å². The molecule has 0 radical (unpaired) electrons. The summed E-state index contributed by atoms with van der Waals surface area (Å²) in [5.74, 6) is 0.0393. The van der Waals surface area contributed by atoms with Crippen molar-refractivity contribution in [1.82, 2.24) is 9.99 Å². The summed E-state index contributed by atoms with van der Waals surface area (Å²) in [5.41, 5.74) is 2.98. The molecular formula is C11H19N3O. The molecule has 2 N–H and O–H groups in total. The third-order valence-corrected chi connectivity index (χ3v) is 2.38. The van der Waals surface area contributed by atoms with Gasteiger partial charge in [0.05, 0.1) is 0 Å². The molecule has 1 amide bonds. The molecule has 84 valence electrons. The van der Waals surface area contributed by atoms with E-state index < -0.39 is 0 Å². The molecule has 0 bridgehead atoms. The molecular weight excluding hydrogens is 190 g/mol. The van der Waals surface area contributed by atoms with Gasteiger partial charge in [-0.1, -0.05) is 13.8 Å². The van der Waals surface area contributed by atoms with Gasteiger partial charge in [-0.05, 0) is 25.0 Å². The molecule has 0 saturated carbocycles. The summed E-state index contributed by atoms with van der Waals surface area (Å²) in [6.45, 7) is 4.47. The summed E-state index contributed by atoms with van der Waals surface area (Å²) in [6.07, 6.45) is 5.69. The van der Waals surface area contributed by atoms with E-state index in [-0.39, 0.29) is 5.91 Å². The van der Waals surface area contributed by atoms with Gasteiger partial charge in [0.1, 0.15) is 6.54 Å². The minimum Gasteiger partial charge on any atom is -0.352 e. The minimum atomic E-state index is 0.0393. The fourth-order valence-electron chi connectivity index (χ4n) is 1.37. The fraction of sp³-hybridized carbons (Fsp3) is 0.545. The molecule has 0 aliphatic carbocycles. The summed E-state index contributed by atoms with van der Waals surface area (Å²) >= 11 is 0. The predicted molar refractivity (Wildman–Crippen MR) is 61.2 cm³/mol. The molecule has 0 aliphatic rings. The molecule has 1 rings (SSSR count). The second kappa shape index (κ2) is 6.11. The van der Waals surface area contributed by atoms with Gasteiger partial charge in [0, 0.05) is 18.4 Å². The number of hydrogen-bond donors (Lipinski definition) is 2. The van der Waals surface area contributed by atoms with Crippen LogP contribution in [0.5, 0.6) is 0 Å². The van der Waals surface area contributed by atoms with Gasteiger partial charge in [-0.15, -0.1) is 0 Å². The van der Waals surface area contributed by atoms with Crippen molar-refractivity contribution in [3.63, 3.8) is 0 Å². The van der Waals surface area contributed by atoms with Gasteiger partial charge in [-0.3, -0.25) is 9.47 Å². The zero-order valence-corrected chi connectivity index (χ0v) is 9.36. The lowest BCUT2D eigenvalue weighted by Gasteiger charge is -2.15. The van der Waals surface area contributed by atoms with Crippen LogP contribution >= 0.6 is 0 Å². The average Bonchev–Trinajstić information content (AvgIpc) is 2.75.